The SMILES string of the molecule is Cc1nc2ccccn2c1C(=O)NCCNc1cc(-n2ccnc2C)ncn1. The number of amides is 1. The van der Waals surface area contributed by atoms with Gasteiger partial charge in [0.2, 0.25) is 0 Å². The van der Waals surface area contributed by atoms with Gasteiger partial charge in [0, 0.05) is 37.7 Å². The number of aryl methyl sites for hydroxylation is 2. The Labute approximate surface area is 161 Å². The van der Waals surface area contributed by atoms with Crippen LogP contribution in [0.1, 0.15) is 22.0 Å². The maximum Gasteiger partial charge on any atom is 0.270 e. The van der Waals surface area contributed by atoms with E-state index in [4.69, 9.17) is 0 Å². The lowest BCUT2D eigenvalue weighted by molar-refractivity contribution is 0.0948. The predicted molar refractivity (Wildman–Crippen MR) is 105 cm³/mol. The minimum Gasteiger partial charge on any atom is -0.368 e. The number of nitrogens with zero attached hydrogens (tertiary/aromatic N) is 6. The van der Waals surface area contributed by atoms with E-state index in [2.05, 4.69) is 30.6 Å². The van der Waals surface area contributed by atoms with Gasteiger partial charge in [-0.2, -0.15) is 0 Å². The summed E-state index contributed by atoms with van der Waals surface area (Å²) in [6.07, 6.45) is 6.91. The Morgan fingerprint density at radius 2 is 2.00 bits per heavy atom. The summed E-state index contributed by atoms with van der Waals surface area (Å²) in [5.41, 5.74) is 2.01. The van der Waals surface area contributed by atoms with Crippen LogP contribution < -0.4 is 10.6 Å². The molecule has 0 unspecified atom stereocenters. The van der Waals surface area contributed by atoms with Crippen molar-refractivity contribution >= 4 is 17.4 Å². The van der Waals surface area contributed by atoms with Gasteiger partial charge in [-0.05, 0) is 26.0 Å². The molecule has 4 aromatic rings. The first-order valence-corrected chi connectivity index (χ1v) is 8.91. The van der Waals surface area contributed by atoms with Crippen molar-refractivity contribution in [2.24, 2.45) is 0 Å². The normalized spacial score (nSPS) is 10.9. The van der Waals surface area contributed by atoms with E-state index in [0.29, 0.717) is 30.3 Å². The van der Waals surface area contributed by atoms with E-state index in [1.54, 1.807) is 10.6 Å². The molecular formula is C19H20N8O. The number of pyridine rings is 1. The number of hydrogen-bond acceptors (Lipinski definition) is 6. The van der Waals surface area contributed by atoms with Crippen LogP contribution >= 0.6 is 0 Å². The third-order valence-corrected chi connectivity index (χ3v) is 4.36. The number of carbonyl (C=O) groups excluding carboxylic acids is 1. The molecule has 4 rings (SSSR count). The van der Waals surface area contributed by atoms with Crippen molar-refractivity contribution in [3.63, 3.8) is 0 Å². The van der Waals surface area contributed by atoms with Crippen LogP contribution in [0, 0.1) is 13.8 Å². The molecule has 2 N–H and O–H groups in total. The number of fused-ring (bicyclic) bond motifs is 1. The minimum atomic E-state index is -0.157. The number of imidazole rings is 2. The minimum absolute atomic E-state index is 0.157. The quantitative estimate of drug-likeness (QED) is 0.497. The average Bonchev–Trinajstić information content (AvgIpc) is 3.27. The second kappa shape index (κ2) is 7.47. The molecule has 0 saturated carbocycles. The van der Waals surface area contributed by atoms with Gasteiger partial charge >= 0.3 is 0 Å². The second-order valence-electron chi connectivity index (χ2n) is 6.26. The predicted octanol–water partition coefficient (Wildman–Crippen LogP) is 1.77. The van der Waals surface area contributed by atoms with Crippen LogP contribution in [-0.4, -0.2) is 47.9 Å². The first kappa shape index (κ1) is 17.7. The summed E-state index contributed by atoms with van der Waals surface area (Å²) in [5.74, 6) is 2.10. The largest absolute Gasteiger partial charge is 0.368 e. The van der Waals surface area contributed by atoms with Crippen molar-refractivity contribution in [3.8, 4) is 5.82 Å². The maximum absolute atomic E-state index is 12.6. The fraction of sp³-hybridized carbons (Fsp3) is 0.211. The molecule has 28 heavy (non-hydrogen) atoms. The fourth-order valence-corrected chi connectivity index (χ4v) is 3.03. The monoisotopic (exact) mass is 376 g/mol. The fourth-order valence-electron chi connectivity index (χ4n) is 3.03. The number of carbonyl (C=O) groups is 1. The molecule has 1 amide bonds. The van der Waals surface area contributed by atoms with Crippen LogP contribution in [0.4, 0.5) is 5.82 Å². The van der Waals surface area contributed by atoms with Crippen LogP contribution in [-0.2, 0) is 0 Å². The Bertz CT molecular complexity index is 1130. The molecule has 0 spiro atoms. The van der Waals surface area contributed by atoms with Crippen molar-refractivity contribution in [1.29, 1.82) is 0 Å². The van der Waals surface area contributed by atoms with E-state index in [9.17, 15) is 4.79 Å². The standard InChI is InChI=1S/C19H20N8O/c1-13-18(27-9-4-3-5-16(27)25-13)19(28)22-7-6-21-15-11-17(24-12-23-15)26-10-8-20-14(26)2/h3-5,8-12H,6-7H2,1-2H3,(H,22,28)(H,21,23,24). The molecule has 0 saturated heterocycles. The summed E-state index contributed by atoms with van der Waals surface area (Å²) < 4.78 is 3.67. The zero-order valence-corrected chi connectivity index (χ0v) is 15.6. The summed E-state index contributed by atoms with van der Waals surface area (Å²) in [6.45, 7) is 4.72. The highest BCUT2D eigenvalue weighted by molar-refractivity contribution is 5.94. The second-order valence-corrected chi connectivity index (χ2v) is 6.26. The van der Waals surface area contributed by atoms with E-state index in [1.807, 2.05) is 55.1 Å². The third-order valence-electron chi connectivity index (χ3n) is 4.36. The Kier molecular flexibility index (Phi) is 4.71. The Morgan fingerprint density at radius 1 is 1.11 bits per heavy atom. The van der Waals surface area contributed by atoms with Gasteiger partial charge in [-0.15, -0.1) is 0 Å². The van der Waals surface area contributed by atoms with Crippen molar-refractivity contribution < 1.29 is 4.79 Å². The van der Waals surface area contributed by atoms with Crippen molar-refractivity contribution in [2.75, 3.05) is 18.4 Å². The molecule has 9 nitrogen and oxygen atoms in total. The molecule has 4 heterocycles. The summed E-state index contributed by atoms with van der Waals surface area (Å²) >= 11 is 0. The molecule has 0 aliphatic heterocycles. The van der Waals surface area contributed by atoms with Gasteiger partial charge in [-0.1, -0.05) is 6.07 Å². The third kappa shape index (κ3) is 3.41. The average molecular weight is 376 g/mol. The van der Waals surface area contributed by atoms with E-state index in [0.717, 1.165) is 17.3 Å². The number of anilines is 1. The van der Waals surface area contributed by atoms with Crippen LogP contribution in [0.15, 0.2) is 49.2 Å². The number of rotatable bonds is 6. The lowest BCUT2D eigenvalue weighted by Gasteiger charge is -2.09. The number of nitrogens with one attached hydrogen (secondary N) is 2. The summed E-state index contributed by atoms with van der Waals surface area (Å²) in [4.78, 5) is 29.7. The first-order chi connectivity index (χ1) is 13.6. The molecule has 0 fully saturated rings. The Hall–Kier alpha value is -3.75. The molecule has 0 aromatic carbocycles. The molecule has 142 valence electrons. The molecule has 0 bridgehead atoms. The van der Waals surface area contributed by atoms with Gasteiger partial charge in [0.25, 0.3) is 5.91 Å². The Morgan fingerprint density at radius 3 is 2.82 bits per heavy atom. The molecule has 0 radical (unpaired) electrons. The summed E-state index contributed by atoms with van der Waals surface area (Å²) in [7, 11) is 0. The molecule has 0 aliphatic carbocycles. The van der Waals surface area contributed by atoms with Crippen LogP contribution in [0.2, 0.25) is 0 Å². The van der Waals surface area contributed by atoms with E-state index in [-0.39, 0.29) is 5.91 Å². The highest BCUT2D eigenvalue weighted by Crippen LogP contribution is 2.12. The van der Waals surface area contributed by atoms with Crippen molar-refractivity contribution in [1.82, 2.24) is 34.2 Å². The first-order valence-electron chi connectivity index (χ1n) is 8.91. The van der Waals surface area contributed by atoms with Gasteiger partial charge in [0.05, 0.1) is 5.69 Å². The van der Waals surface area contributed by atoms with E-state index < -0.39 is 0 Å². The Balaban J connectivity index is 1.36. The van der Waals surface area contributed by atoms with Gasteiger partial charge in [-0.25, -0.2) is 19.9 Å². The van der Waals surface area contributed by atoms with Crippen molar-refractivity contribution in [3.05, 3.63) is 66.4 Å². The zero-order valence-electron chi connectivity index (χ0n) is 15.6. The van der Waals surface area contributed by atoms with Gasteiger partial charge < -0.3 is 10.6 Å². The lowest BCUT2D eigenvalue weighted by atomic mass is 10.3. The van der Waals surface area contributed by atoms with Gasteiger partial charge in [0.15, 0.2) is 0 Å². The molecular weight excluding hydrogens is 356 g/mol. The highest BCUT2D eigenvalue weighted by Gasteiger charge is 2.15. The van der Waals surface area contributed by atoms with Gasteiger partial charge in [-0.3, -0.25) is 13.8 Å². The van der Waals surface area contributed by atoms with E-state index >= 15 is 0 Å². The summed E-state index contributed by atoms with van der Waals surface area (Å²) in [6, 6.07) is 7.49. The molecule has 4 aromatic heterocycles. The molecule has 0 atom stereocenters. The zero-order chi connectivity index (χ0) is 19.5. The molecule has 0 aliphatic rings. The van der Waals surface area contributed by atoms with Crippen molar-refractivity contribution in [2.45, 2.75) is 13.8 Å². The topological polar surface area (TPSA) is 102 Å². The molecule has 9 heteroatoms. The van der Waals surface area contributed by atoms with Crippen LogP contribution in [0.5, 0.6) is 0 Å². The lowest BCUT2D eigenvalue weighted by Crippen LogP contribution is -2.30. The van der Waals surface area contributed by atoms with Crippen LogP contribution in [0.3, 0.4) is 0 Å². The smallest absolute Gasteiger partial charge is 0.270 e. The van der Waals surface area contributed by atoms with Crippen LogP contribution in [0.25, 0.3) is 11.5 Å². The van der Waals surface area contributed by atoms with Gasteiger partial charge in [0.1, 0.15) is 35.1 Å². The number of aromatic nitrogens is 6. The maximum atomic E-state index is 12.6. The summed E-state index contributed by atoms with van der Waals surface area (Å²) in [5, 5.41) is 6.12. The van der Waals surface area contributed by atoms with E-state index in [1.165, 1.54) is 6.33 Å². The number of hydrogen-bond donors (Lipinski definition) is 2. The highest BCUT2D eigenvalue weighted by atomic mass is 16.1.